The Kier molecular flexibility index (Phi) is 5.79. The second kappa shape index (κ2) is 7.39. The monoisotopic (exact) mass is 252 g/mol. The summed E-state index contributed by atoms with van der Waals surface area (Å²) >= 11 is 0. The molecule has 0 bridgehead atoms. The van der Waals surface area contributed by atoms with E-state index >= 15 is 0 Å². The van der Waals surface area contributed by atoms with Crippen molar-refractivity contribution in [2.24, 2.45) is 0 Å². The lowest BCUT2D eigenvalue weighted by molar-refractivity contribution is -0.139. The number of pyridine rings is 1. The minimum Gasteiger partial charge on any atom is -0.480 e. The maximum atomic E-state index is 11.7. The zero-order valence-electron chi connectivity index (χ0n) is 10.1. The molecule has 6 nitrogen and oxygen atoms in total. The molecular weight excluding hydrogens is 236 g/mol. The highest BCUT2D eigenvalue weighted by atomic mass is 16.5. The van der Waals surface area contributed by atoms with Gasteiger partial charge in [0.15, 0.2) is 0 Å². The standard InChI is InChI=1S/C12H16N2O4/c1-18-8-4-6-10(12(16)17)14-11(15)9-5-2-3-7-13-9/h2-3,5,7,10H,4,6,8H2,1H3,(H,14,15)(H,16,17). The van der Waals surface area contributed by atoms with Gasteiger partial charge in [0.05, 0.1) is 0 Å². The maximum absolute atomic E-state index is 11.7. The van der Waals surface area contributed by atoms with Gasteiger partial charge in [-0.2, -0.15) is 0 Å². The van der Waals surface area contributed by atoms with Gasteiger partial charge in [-0.15, -0.1) is 0 Å². The van der Waals surface area contributed by atoms with E-state index in [0.29, 0.717) is 19.4 Å². The fraction of sp³-hybridized carbons (Fsp3) is 0.417. The van der Waals surface area contributed by atoms with Crippen LogP contribution in [-0.2, 0) is 9.53 Å². The Hall–Kier alpha value is -1.95. The molecule has 0 saturated heterocycles. The summed E-state index contributed by atoms with van der Waals surface area (Å²) in [5, 5.41) is 11.4. The summed E-state index contributed by atoms with van der Waals surface area (Å²) < 4.78 is 4.84. The second-order valence-corrected chi connectivity index (χ2v) is 3.71. The Morgan fingerprint density at radius 2 is 2.28 bits per heavy atom. The van der Waals surface area contributed by atoms with Gasteiger partial charge in [0.1, 0.15) is 11.7 Å². The number of rotatable bonds is 7. The molecule has 0 fully saturated rings. The lowest BCUT2D eigenvalue weighted by atomic mass is 10.1. The van der Waals surface area contributed by atoms with Gasteiger partial charge in [-0.25, -0.2) is 4.79 Å². The van der Waals surface area contributed by atoms with Crippen LogP contribution in [0.1, 0.15) is 23.3 Å². The van der Waals surface area contributed by atoms with Crippen LogP contribution >= 0.6 is 0 Å². The molecule has 1 amide bonds. The molecule has 0 spiro atoms. The van der Waals surface area contributed by atoms with Crippen LogP contribution in [-0.4, -0.2) is 41.7 Å². The molecule has 6 heteroatoms. The molecule has 1 rings (SSSR count). The van der Waals surface area contributed by atoms with Crippen LogP contribution in [0.4, 0.5) is 0 Å². The van der Waals surface area contributed by atoms with E-state index in [9.17, 15) is 9.59 Å². The van der Waals surface area contributed by atoms with Gasteiger partial charge in [0.2, 0.25) is 0 Å². The van der Waals surface area contributed by atoms with Crippen molar-refractivity contribution in [2.75, 3.05) is 13.7 Å². The minimum absolute atomic E-state index is 0.204. The van der Waals surface area contributed by atoms with Gasteiger partial charge >= 0.3 is 5.97 Å². The molecule has 1 atom stereocenters. The van der Waals surface area contributed by atoms with Gasteiger partial charge in [-0.05, 0) is 25.0 Å². The molecule has 2 N–H and O–H groups in total. The third-order valence-electron chi connectivity index (χ3n) is 2.34. The average Bonchev–Trinajstić information content (AvgIpc) is 2.38. The Morgan fingerprint density at radius 1 is 1.50 bits per heavy atom. The number of aromatic nitrogens is 1. The van der Waals surface area contributed by atoms with Crippen molar-refractivity contribution in [3.05, 3.63) is 30.1 Å². The van der Waals surface area contributed by atoms with Crippen molar-refractivity contribution in [2.45, 2.75) is 18.9 Å². The summed E-state index contributed by atoms with van der Waals surface area (Å²) in [6.07, 6.45) is 2.37. The summed E-state index contributed by atoms with van der Waals surface area (Å²) in [7, 11) is 1.54. The number of aliphatic carboxylic acids is 1. The van der Waals surface area contributed by atoms with Gasteiger partial charge in [-0.1, -0.05) is 6.07 Å². The number of carboxylic acids is 1. The van der Waals surface area contributed by atoms with Crippen LogP contribution in [0.25, 0.3) is 0 Å². The first-order valence-electron chi connectivity index (χ1n) is 5.58. The molecule has 0 aromatic carbocycles. The molecule has 0 aliphatic heterocycles. The van der Waals surface area contributed by atoms with E-state index in [1.54, 1.807) is 19.2 Å². The fourth-order valence-corrected chi connectivity index (χ4v) is 1.42. The predicted molar refractivity (Wildman–Crippen MR) is 64.2 cm³/mol. The van der Waals surface area contributed by atoms with Gasteiger partial charge in [0.25, 0.3) is 5.91 Å². The Morgan fingerprint density at radius 3 is 2.83 bits per heavy atom. The van der Waals surface area contributed by atoms with Crippen molar-refractivity contribution >= 4 is 11.9 Å². The van der Waals surface area contributed by atoms with Crippen LogP contribution in [0, 0.1) is 0 Å². The zero-order chi connectivity index (χ0) is 13.4. The Labute approximate surface area is 105 Å². The highest BCUT2D eigenvalue weighted by molar-refractivity contribution is 5.94. The smallest absolute Gasteiger partial charge is 0.326 e. The highest BCUT2D eigenvalue weighted by Crippen LogP contribution is 2.01. The number of amides is 1. The van der Waals surface area contributed by atoms with E-state index in [4.69, 9.17) is 9.84 Å². The van der Waals surface area contributed by atoms with Gasteiger partial charge < -0.3 is 15.2 Å². The van der Waals surface area contributed by atoms with Crippen molar-refractivity contribution in [3.8, 4) is 0 Å². The Bertz CT molecular complexity index is 394. The molecule has 18 heavy (non-hydrogen) atoms. The topological polar surface area (TPSA) is 88.5 Å². The zero-order valence-corrected chi connectivity index (χ0v) is 10.1. The first-order chi connectivity index (χ1) is 8.65. The third kappa shape index (κ3) is 4.50. The number of carbonyl (C=O) groups excluding carboxylic acids is 1. The van der Waals surface area contributed by atoms with E-state index in [1.165, 1.54) is 12.3 Å². The summed E-state index contributed by atoms with van der Waals surface area (Å²) in [6, 6.07) is 3.96. The number of hydrogen-bond donors (Lipinski definition) is 2. The third-order valence-corrected chi connectivity index (χ3v) is 2.34. The largest absolute Gasteiger partial charge is 0.480 e. The summed E-state index contributed by atoms with van der Waals surface area (Å²) in [4.78, 5) is 26.6. The number of hydrogen-bond acceptors (Lipinski definition) is 4. The fourth-order valence-electron chi connectivity index (χ4n) is 1.42. The van der Waals surface area contributed by atoms with Crippen molar-refractivity contribution in [3.63, 3.8) is 0 Å². The van der Waals surface area contributed by atoms with E-state index < -0.39 is 17.9 Å². The van der Waals surface area contributed by atoms with E-state index in [-0.39, 0.29) is 5.69 Å². The lowest BCUT2D eigenvalue weighted by Gasteiger charge is -2.13. The van der Waals surface area contributed by atoms with Gasteiger partial charge in [0, 0.05) is 19.9 Å². The number of nitrogens with zero attached hydrogens (tertiary/aromatic N) is 1. The molecule has 0 aliphatic carbocycles. The lowest BCUT2D eigenvalue weighted by Crippen LogP contribution is -2.41. The van der Waals surface area contributed by atoms with Crippen LogP contribution < -0.4 is 5.32 Å². The summed E-state index contributed by atoms with van der Waals surface area (Å²) in [5.41, 5.74) is 0.204. The average molecular weight is 252 g/mol. The molecule has 1 aromatic rings. The van der Waals surface area contributed by atoms with E-state index in [0.717, 1.165) is 0 Å². The highest BCUT2D eigenvalue weighted by Gasteiger charge is 2.20. The van der Waals surface area contributed by atoms with Crippen molar-refractivity contribution in [1.82, 2.24) is 10.3 Å². The molecule has 0 aliphatic rings. The SMILES string of the molecule is COCCCC(NC(=O)c1ccccn1)C(=O)O. The number of carboxylic acid groups (broad SMARTS) is 1. The molecule has 0 radical (unpaired) electrons. The number of ether oxygens (including phenoxy) is 1. The first-order valence-corrected chi connectivity index (χ1v) is 5.58. The minimum atomic E-state index is -1.06. The molecule has 1 unspecified atom stereocenters. The van der Waals surface area contributed by atoms with Crippen LogP contribution in [0.5, 0.6) is 0 Å². The molecule has 0 saturated carbocycles. The van der Waals surface area contributed by atoms with Gasteiger partial charge in [-0.3, -0.25) is 9.78 Å². The quantitative estimate of drug-likeness (QED) is 0.697. The van der Waals surface area contributed by atoms with Crippen molar-refractivity contribution < 1.29 is 19.4 Å². The molecule has 98 valence electrons. The summed E-state index contributed by atoms with van der Waals surface area (Å²) in [5.74, 6) is -1.55. The number of carbonyl (C=O) groups is 2. The van der Waals surface area contributed by atoms with Crippen molar-refractivity contribution in [1.29, 1.82) is 0 Å². The summed E-state index contributed by atoms with van der Waals surface area (Å²) in [6.45, 7) is 0.462. The number of nitrogens with one attached hydrogen (secondary N) is 1. The predicted octanol–water partition coefficient (Wildman–Crippen LogP) is 0.691. The first kappa shape index (κ1) is 14.1. The Balaban J connectivity index is 2.55. The van der Waals surface area contributed by atoms with Crippen LogP contribution in [0.3, 0.4) is 0 Å². The van der Waals surface area contributed by atoms with E-state index in [2.05, 4.69) is 10.3 Å². The van der Waals surface area contributed by atoms with E-state index in [1.807, 2.05) is 0 Å². The van der Waals surface area contributed by atoms with Crippen LogP contribution in [0.15, 0.2) is 24.4 Å². The van der Waals surface area contributed by atoms with Crippen LogP contribution in [0.2, 0.25) is 0 Å². The second-order valence-electron chi connectivity index (χ2n) is 3.71. The number of methoxy groups -OCH3 is 1. The molecular formula is C12H16N2O4. The molecule has 1 aromatic heterocycles. The maximum Gasteiger partial charge on any atom is 0.326 e. The molecule has 1 heterocycles. The normalized spacial score (nSPS) is 11.8.